The highest BCUT2D eigenvalue weighted by Crippen LogP contribution is 2.26. The molecule has 4 heteroatoms. The first-order valence-electron chi connectivity index (χ1n) is 10.0. The topological polar surface area (TPSA) is 24.2 Å². The second-order valence-electron chi connectivity index (χ2n) is 7.12. The van der Waals surface area contributed by atoms with Gasteiger partial charge in [-0.05, 0) is 18.1 Å². The first kappa shape index (κ1) is 20.4. The zero-order valence-corrected chi connectivity index (χ0v) is 17.6. The van der Waals surface area contributed by atoms with Crippen molar-refractivity contribution in [3.63, 3.8) is 0 Å². The van der Waals surface area contributed by atoms with E-state index in [1.807, 2.05) is 25.2 Å². The van der Waals surface area contributed by atoms with Crippen LogP contribution in [-0.2, 0) is 17.9 Å². The lowest BCUT2D eigenvalue weighted by Crippen LogP contribution is -2.34. The van der Waals surface area contributed by atoms with E-state index in [4.69, 9.17) is 0 Å². The summed E-state index contributed by atoms with van der Waals surface area (Å²) in [5.74, 6) is 0.602. The summed E-state index contributed by atoms with van der Waals surface area (Å²) < 4.78 is 2.33. The molecule has 2 aromatic carbocycles. The third-order valence-electron chi connectivity index (χ3n) is 4.93. The van der Waals surface area contributed by atoms with Gasteiger partial charge in [-0.15, -0.1) is 11.8 Å². The van der Waals surface area contributed by atoms with Crippen molar-refractivity contribution in [3.05, 3.63) is 72.4 Å². The highest BCUT2D eigenvalue weighted by atomic mass is 32.2. The number of amides is 1. The fraction of sp³-hybridized carbons (Fsp3) is 0.333. The van der Waals surface area contributed by atoms with Gasteiger partial charge in [0.2, 0.25) is 11.4 Å². The number of fused-ring (bicyclic) bond motifs is 1. The number of carbonyl (C=O) groups is 1. The molecule has 0 aliphatic heterocycles. The fourth-order valence-electron chi connectivity index (χ4n) is 3.31. The van der Waals surface area contributed by atoms with E-state index in [1.54, 1.807) is 16.7 Å². The van der Waals surface area contributed by atoms with E-state index >= 15 is 0 Å². The number of nitrogens with zero attached hydrogens (tertiary/aromatic N) is 2. The van der Waals surface area contributed by atoms with Gasteiger partial charge in [0, 0.05) is 37.0 Å². The van der Waals surface area contributed by atoms with Crippen molar-refractivity contribution in [2.75, 3.05) is 12.8 Å². The Kier molecular flexibility index (Phi) is 7.49. The molecule has 0 bridgehead atoms. The molecule has 146 valence electrons. The standard InChI is InChI=1S/C24H29N2OS/c1-3-4-10-16-26-17-15-23(21-13-8-9-14-22(21)26)28-19-24(27)25(2)18-20-11-6-5-7-12-20/h5-9,11-15,17H,3-4,10,16,18-19H2,1-2H3/q+1. The van der Waals surface area contributed by atoms with Gasteiger partial charge in [-0.2, -0.15) is 4.57 Å². The number of pyridine rings is 1. The Balaban J connectivity index is 1.67. The van der Waals surface area contributed by atoms with Crippen LogP contribution in [0.15, 0.2) is 71.8 Å². The monoisotopic (exact) mass is 393 g/mol. The van der Waals surface area contributed by atoms with Gasteiger partial charge >= 0.3 is 0 Å². The molecule has 0 saturated heterocycles. The Morgan fingerprint density at radius 1 is 1.00 bits per heavy atom. The molecular weight excluding hydrogens is 364 g/mol. The zero-order chi connectivity index (χ0) is 19.8. The van der Waals surface area contributed by atoms with E-state index in [0.29, 0.717) is 12.3 Å². The molecule has 28 heavy (non-hydrogen) atoms. The van der Waals surface area contributed by atoms with Crippen LogP contribution in [0.1, 0.15) is 31.7 Å². The van der Waals surface area contributed by atoms with E-state index in [1.165, 1.54) is 35.1 Å². The minimum absolute atomic E-state index is 0.151. The van der Waals surface area contributed by atoms with Gasteiger partial charge in [0.1, 0.15) is 6.54 Å². The molecular formula is C24H29N2OS+. The highest BCUT2D eigenvalue weighted by molar-refractivity contribution is 8.00. The summed E-state index contributed by atoms with van der Waals surface area (Å²) in [5.41, 5.74) is 2.40. The van der Waals surface area contributed by atoms with Gasteiger partial charge in [0.15, 0.2) is 6.20 Å². The van der Waals surface area contributed by atoms with Crippen LogP contribution >= 0.6 is 11.8 Å². The van der Waals surface area contributed by atoms with Gasteiger partial charge in [-0.1, -0.05) is 55.8 Å². The van der Waals surface area contributed by atoms with Crippen LogP contribution in [0.3, 0.4) is 0 Å². The number of carbonyl (C=O) groups excluding carboxylic acids is 1. The molecule has 0 aliphatic rings. The summed E-state index contributed by atoms with van der Waals surface area (Å²) in [5, 5.41) is 1.23. The number of para-hydroxylation sites is 1. The molecule has 0 spiro atoms. The van der Waals surface area contributed by atoms with Crippen molar-refractivity contribution in [3.8, 4) is 0 Å². The van der Waals surface area contributed by atoms with Gasteiger partial charge < -0.3 is 4.90 Å². The Bertz CT molecular complexity index is 911. The predicted molar refractivity (Wildman–Crippen MR) is 117 cm³/mol. The average molecular weight is 394 g/mol. The molecule has 1 aromatic heterocycles. The quantitative estimate of drug-likeness (QED) is 0.288. The number of aromatic nitrogens is 1. The lowest BCUT2D eigenvalue weighted by molar-refractivity contribution is -0.672. The smallest absolute Gasteiger partial charge is 0.232 e. The van der Waals surface area contributed by atoms with Crippen molar-refractivity contribution >= 4 is 28.6 Å². The Morgan fingerprint density at radius 2 is 1.75 bits per heavy atom. The number of hydrogen-bond donors (Lipinski definition) is 0. The highest BCUT2D eigenvalue weighted by Gasteiger charge is 2.15. The van der Waals surface area contributed by atoms with Gasteiger partial charge in [-0.25, -0.2) is 0 Å². The van der Waals surface area contributed by atoms with Crippen LogP contribution in [0, 0.1) is 0 Å². The maximum absolute atomic E-state index is 12.6. The summed E-state index contributed by atoms with van der Waals surface area (Å²) in [6, 6.07) is 20.8. The summed E-state index contributed by atoms with van der Waals surface area (Å²) in [6.45, 7) is 3.92. The van der Waals surface area contributed by atoms with Crippen LogP contribution in [0.2, 0.25) is 0 Å². The van der Waals surface area contributed by atoms with E-state index in [2.05, 4.69) is 60.2 Å². The molecule has 0 unspecified atom stereocenters. The number of rotatable bonds is 9. The third-order valence-corrected chi connectivity index (χ3v) is 5.99. The minimum Gasteiger partial charge on any atom is -0.341 e. The lowest BCUT2D eigenvalue weighted by atomic mass is 10.2. The average Bonchev–Trinajstić information content (AvgIpc) is 2.73. The molecule has 3 aromatic rings. The van der Waals surface area contributed by atoms with Gasteiger partial charge in [0.05, 0.1) is 11.1 Å². The molecule has 0 atom stereocenters. The van der Waals surface area contributed by atoms with Crippen molar-refractivity contribution in [1.82, 2.24) is 4.90 Å². The molecule has 1 amide bonds. The predicted octanol–water partition coefficient (Wildman–Crippen LogP) is 5.07. The number of benzene rings is 2. The second kappa shape index (κ2) is 10.3. The molecule has 3 rings (SSSR count). The number of thioether (sulfide) groups is 1. The lowest BCUT2D eigenvalue weighted by Gasteiger charge is -2.17. The maximum Gasteiger partial charge on any atom is 0.232 e. The van der Waals surface area contributed by atoms with E-state index in [0.717, 1.165) is 12.1 Å². The maximum atomic E-state index is 12.6. The van der Waals surface area contributed by atoms with Gasteiger partial charge in [-0.3, -0.25) is 4.79 Å². The largest absolute Gasteiger partial charge is 0.341 e. The Morgan fingerprint density at radius 3 is 2.54 bits per heavy atom. The Hall–Kier alpha value is -2.33. The van der Waals surface area contributed by atoms with Crippen molar-refractivity contribution in [1.29, 1.82) is 0 Å². The summed E-state index contributed by atoms with van der Waals surface area (Å²) >= 11 is 1.63. The van der Waals surface area contributed by atoms with E-state index in [-0.39, 0.29) is 5.91 Å². The molecule has 0 fully saturated rings. The van der Waals surface area contributed by atoms with Crippen molar-refractivity contribution in [2.24, 2.45) is 0 Å². The molecule has 0 radical (unpaired) electrons. The molecule has 0 saturated carbocycles. The van der Waals surface area contributed by atoms with E-state index in [9.17, 15) is 4.79 Å². The van der Waals surface area contributed by atoms with Crippen LogP contribution in [0.4, 0.5) is 0 Å². The normalized spacial score (nSPS) is 10.9. The second-order valence-corrected chi connectivity index (χ2v) is 8.14. The first-order valence-corrected chi connectivity index (χ1v) is 11.0. The van der Waals surface area contributed by atoms with Crippen LogP contribution in [-0.4, -0.2) is 23.6 Å². The van der Waals surface area contributed by atoms with E-state index < -0.39 is 0 Å². The van der Waals surface area contributed by atoms with Crippen molar-refractivity contribution in [2.45, 2.75) is 44.2 Å². The van der Waals surface area contributed by atoms with Crippen molar-refractivity contribution < 1.29 is 9.36 Å². The zero-order valence-electron chi connectivity index (χ0n) is 16.8. The SMILES string of the molecule is CCCCC[n+]1ccc(SCC(=O)N(C)Cc2ccccc2)c2ccccc21. The Labute approximate surface area is 172 Å². The first-order chi connectivity index (χ1) is 13.7. The summed E-state index contributed by atoms with van der Waals surface area (Å²) in [6.07, 6.45) is 5.84. The molecule has 0 N–H and O–H groups in total. The summed E-state index contributed by atoms with van der Waals surface area (Å²) in [4.78, 5) is 15.6. The van der Waals surface area contributed by atoms with Gasteiger partial charge in [0.25, 0.3) is 0 Å². The minimum atomic E-state index is 0.151. The molecule has 0 aliphatic carbocycles. The molecule has 3 nitrogen and oxygen atoms in total. The van der Waals surface area contributed by atoms with Crippen LogP contribution in [0.25, 0.3) is 10.9 Å². The number of aryl methyl sites for hydroxylation is 1. The fourth-order valence-corrected chi connectivity index (χ4v) is 4.29. The third kappa shape index (κ3) is 5.35. The number of unbranched alkanes of at least 4 members (excludes halogenated alkanes) is 2. The van der Waals surface area contributed by atoms with Crippen LogP contribution < -0.4 is 4.57 Å². The summed E-state index contributed by atoms with van der Waals surface area (Å²) in [7, 11) is 1.88. The number of hydrogen-bond acceptors (Lipinski definition) is 2. The van der Waals surface area contributed by atoms with Crippen LogP contribution in [0.5, 0.6) is 0 Å². The molecule has 1 heterocycles.